The molecule has 0 radical (unpaired) electrons. The number of rotatable bonds is 7. The Balaban J connectivity index is 2.90. The van der Waals surface area contributed by atoms with Gasteiger partial charge in [0, 0.05) is 0 Å². The van der Waals surface area contributed by atoms with Gasteiger partial charge in [-0.1, -0.05) is 38.8 Å². The van der Waals surface area contributed by atoms with Gasteiger partial charge in [0.2, 0.25) is 0 Å². The molecule has 0 unspecified atom stereocenters. The quantitative estimate of drug-likeness (QED) is 0.606. The minimum Gasteiger partial charge on any atom is -0.478 e. The topological polar surface area (TPSA) is 63.6 Å². The molecule has 0 spiro atoms. The molecular weight excluding hydrogens is 244 g/mol. The second-order valence-corrected chi connectivity index (χ2v) is 4.34. The molecule has 0 aromatic heterocycles. The Labute approximate surface area is 113 Å². The Morgan fingerprint density at radius 1 is 1.21 bits per heavy atom. The van der Waals surface area contributed by atoms with E-state index in [0.29, 0.717) is 18.6 Å². The molecule has 1 rings (SSSR count). The molecule has 0 aliphatic heterocycles. The second-order valence-electron chi connectivity index (χ2n) is 4.34. The third-order valence-electron chi connectivity index (χ3n) is 2.95. The number of carboxylic acid groups (broad SMARTS) is 1. The molecule has 0 fully saturated rings. The van der Waals surface area contributed by atoms with Gasteiger partial charge in [-0.15, -0.1) is 0 Å². The number of unbranched alkanes of at least 4 members (excludes halogenated alkanes) is 2. The summed E-state index contributed by atoms with van der Waals surface area (Å²) in [5.41, 5.74) is 0.911. The van der Waals surface area contributed by atoms with Crippen LogP contribution in [0.1, 0.15) is 59.4 Å². The average molecular weight is 264 g/mol. The summed E-state index contributed by atoms with van der Waals surface area (Å²) >= 11 is 0. The van der Waals surface area contributed by atoms with E-state index >= 15 is 0 Å². The van der Waals surface area contributed by atoms with Crippen LogP contribution in [0.5, 0.6) is 0 Å². The molecule has 0 aliphatic carbocycles. The minimum absolute atomic E-state index is 0.0137. The normalized spacial score (nSPS) is 10.2. The third kappa shape index (κ3) is 4.09. The van der Waals surface area contributed by atoms with Gasteiger partial charge >= 0.3 is 11.9 Å². The Morgan fingerprint density at radius 3 is 2.53 bits per heavy atom. The van der Waals surface area contributed by atoms with Crippen LogP contribution in [0.25, 0.3) is 0 Å². The van der Waals surface area contributed by atoms with Crippen molar-refractivity contribution in [2.24, 2.45) is 0 Å². The summed E-state index contributed by atoms with van der Waals surface area (Å²) in [6.07, 6.45) is 3.44. The zero-order valence-corrected chi connectivity index (χ0v) is 11.4. The summed E-state index contributed by atoms with van der Waals surface area (Å²) in [6, 6.07) is 4.84. The van der Waals surface area contributed by atoms with Gasteiger partial charge < -0.3 is 9.84 Å². The molecule has 104 valence electrons. The van der Waals surface area contributed by atoms with Gasteiger partial charge in [0.05, 0.1) is 17.7 Å². The SMILES string of the molecule is CCCCCOC(=O)c1c(CC)cccc1C(=O)O. The lowest BCUT2D eigenvalue weighted by molar-refractivity contribution is 0.0486. The molecule has 4 nitrogen and oxygen atoms in total. The van der Waals surface area contributed by atoms with Crippen molar-refractivity contribution in [3.8, 4) is 0 Å². The fraction of sp³-hybridized carbons (Fsp3) is 0.467. The maximum absolute atomic E-state index is 12.0. The highest BCUT2D eigenvalue weighted by Gasteiger charge is 2.20. The molecule has 0 amide bonds. The first-order valence-electron chi connectivity index (χ1n) is 6.64. The second kappa shape index (κ2) is 7.56. The highest BCUT2D eigenvalue weighted by atomic mass is 16.5. The molecule has 0 saturated carbocycles. The molecule has 0 atom stereocenters. The predicted octanol–water partition coefficient (Wildman–Crippen LogP) is 3.29. The van der Waals surface area contributed by atoms with Gasteiger partial charge in [-0.3, -0.25) is 0 Å². The smallest absolute Gasteiger partial charge is 0.339 e. The lowest BCUT2D eigenvalue weighted by atomic mass is 9.99. The molecule has 1 aromatic carbocycles. The molecule has 0 heterocycles. The van der Waals surface area contributed by atoms with Gasteiger partial charge in [0.1, 0.15) is 0 Å². The number of benzene rings is 1. The van der Waals surface area contributed by atoms with E-state index in [4.69, 9.17) is 9.84 Å². The fourth-order valence-corrected chi connectivity index (χ4v) is 1.90. The minimum atomic E-state index is -1.10. The zero-order valence-electron chi connectivity index (χ0n) is 11.4. The van der Waals surface area contributed by atoms with Crippen LogP contribution in [-0.2, 0) is 11.2 Å². The summed E-state index contributed by atoms with van der Waals surface area (Å²) in [5.74, 6) is -1.64. The molecule has 1 aromatic rings. The first kappa shape index (κ1) is 15.2. The molecule has 1 N–H and O–H groups in total. The highest BCUT2D eigenvalue weighted by molar-refractivity contribution is 6.03. The molecule has 0 saturated heterocycles. The van der Waals surface area contributed by atoms with Crippen molar-refractivity contribution >= 4 is 11.9 Å². The van der Waals surface area contributed by atoms with Crippen molar-refractivity contribution in [2.45, 2.75) is 39.5 Å². The molecule has 0 aliphatic rings. The third-order valence-corrected chi connectivity index (χ3v) is 2.95. The number of carbonyl (C=O) groups is 2. The van der Waals surface area contributed by atoms with Crippen molar-refractivity contribution in [1.29, 1.82) is 0 Å². The van der Waals surface area contributed by atoms with Crippen molar-refractivity contribution in [3.63, 3.8) is 0 Å². The van der Waals surface area contributed by atoms with Gasteiger partial charge in [0.25, 0.3) is 0 Å². The van der Waals surface area contributed by atoms with Crippen LogP contribution in [0.2, 0.25) is 0 Å². The van der Waals surface area contributed by atoms with E-state index in [1.54, 1.807) is 12.1 Å². The molecule has 4 heteroatoms. The van der Waals surface area contributed by atoms with Crippen molar-refractivity contribution in [2.75, 3.05) is 6.61 Å². The van der Waals surface area contributed by atoms with E-state index in [9.17, 15) is 9.59 Å². The Kier molecular flexibility index (Phi) is 6.06. The summed E-state index contributed by atoms with van der Waals surface area (Å²) in [4.78, 5) is 23.2. The lowest BCUT2D eigenvalue weighted by Gasteiger charge is -2.11. The Bertz CT molecular complexity index is 451. The number of carboxylic acids is 1. The van der Waals surface area contributed by atoms with E-state index in [1.165, 1.54) is 6.07 Å². The van der Waals surface area contributed by atoms with Crippen LogP contribution >= 0.6 is 0 Å². The molecule has 19 heavy (non-hydrogen) atoms. The largest absolute Gasteiger partial charge is 0.478 e. The number of hydrogen-bond acceptors (Lipinski definition) is 3. The Hall–Kier alpha value is -1.84. The van der Waals surface area contributed by atoms with E-state index in [2.05, 4.69) is 6.92 Å². The number of aryl methyl sites for hydroxylation is 1. The number of carbonyl (C=O) groups excluding carboxylic acids is 1. The lowest BCUT2D eigenvalue weighted by Crippen LogP contribution is -2.15. The van der Waals surface area contributed by atoms with E-state index < -0.39 is 11.9 Å². The first-order chi connectivity index (χ1) is 9.11. The fourth-order valence-electron chi connectivity index (χ4n) is 1.90. The number of aromatic carboxylic acids is 1. The monoisotopic (exact) mass is 264 g/mol. The number of ether oxygens (including phenoxy) is 1. The summed E-state index contributed by atoms with van der Waals surface area (Å²) in [6.45, 7) is 4.29. The molecule has 0 bridgehead atoms. The first-order valence-corrected chi connectivity index (χ1v) is 6.64. The van der Waals surface area contributed by atoms with Crippen molar-refractivity contribution in [1.82, 2.24) is 0 Å². The van der Waals surface area contributed by atoms with Crippen LogP contribution in [0.15, 0.2) is 18.2 Å². The van der Waals surface area contributed by atoms with E-state index in [0.717, 1.165) is 19.3 Å². The van der Waals surface area contributed by atoms with Gasteiger partial charge in [-0.2, -0.15) is 0 Å². The van der Waals surface area contributed by atoms with Crippen LogP contribution < -0.4 is 0 Å². The van der Waals surface area contributed by atoms with E-state index in [-0.39, 0.29) is 11.1 Å². The van der Waals surface area contributed by atoms with Crippen molar-refractivity contribution < 1.29 is 19.4 Å². The highest BCUT2D eigenvalue weighted by Crippen LogP contribution is 2.17. The zero-order chi connectivity index (χ0) is 14.3. The Morgan fingerprint density at radius 2 is 1.95 bits per heavy atom. The predicted molar refractivity (Wildman–Crippen MR) is 72.6 cm³/mol. The van der Waals surface area contributed by atoms with Crippen molar-refractivity contribution in [3.05, 3.63) is 34.9 Å². The van der Waals surface area contributed by atoms with Crippen LogP contribution in [-0.4, -0.2) is 23.7 Å². The van der Waals surface area contributed by atoms with Gasteiger partial charge in [-0.25, -0.2) is 9.59 Å². The summed E-state index contributed by atoms with van der Waals surface area (Å²) < 4.78 is 5.16. The molecular formula is C15H20O4. The standard InChI is InChI=1S/C15H20O4/c1-3-5-6-10-19-15(18)13-11(4-2)8-7-9-12(13)14(16)17/h7-9H,3-6,10H2,1-2H3,(H,16,17). The maximum atomic E-state index is 12.0. The van der Waals surface area contributed by atoms with Crippen LogP contribution in [0, 0.1) is 0 Å². The maximum Gasteiger partial charge on any atom is 0.339 e. The number of esters is 1. The summed E-state index contributed by atoms with van der Waals surface area (Å²) in [7, 11) is 0. The number of hydrogen-bond donors (Lipinski definition) is 1. The van der Waals surface area contributed by atoms with E-state index in [1.807, 2.05) is 6.92 Å². The van der Waals surface area contributed by atoms with Gasteiger partial charge in [0.15, 0.2) is 0 Å². The van der Waals surface area contributed by atoms with Gasteiger partial charge in [-0.05, 0) is 24.5 Å². The summed E-state index contributed by atoms with van der Waals surface area (Å²) in [5, 5.41) is 9.14. The average Bonchev–Trinajstić information content (AvgIpc) is 2.42. The van der Waals surface area contributed by atoms with Crippen LogP contribution in [0.3, 0.4) is 0 Å². The van der Waals surface area contributed by atoms with Crippen LogP contribution in [0.4, 0.5) is 0 Å².